The van der Waals surface area contributed by atoms with Crippen LogP contribution < -0.4 is 5.32 Å². The van der Waals surface area contributed by atoms with Gasteiger partial charge in [-0.1, -0.05) is 15.9 Å². The molecule has 2 aliphatic rings. The molecule has 2 atom stereocenters. The molecule has 0 aromatic heterocycles. The SMILES string of the molecule is Fc1ccc(Br)cc1CN1C[C@H]2CNC[C@H]2C1. The Morgan fingerprint density at radius 1 is 1.29 bits per heavy atom. The highest BCUT2D eigenvalue weighted by Gasteiger charge is 2.35. The van der Waals surface area contributed by atoms with Gasteiger partial charge in [-0.3, -0.25) is 4.90 Å². The largest absolute Gasteiger partial charge is 0.316 e. The zero-order valence-electron chi connectivity index (χ0n) is 9.63. The number of nitrogens with one attached hydrogen (secondary N) is 1. The van der Waals surface area contributed by atoms with Crippen LogP contribution in [0.1, 0.15) is 5.56 Å². The van der Waals surface area contributed by atoms with Gasteiger partial charge in [0.2, 0.25) is 0 Å². The minimum Gasteiger partial charge on any atom is -0.316 e. The van der Waals surface area contributed by atoms with Gasteiger partial charge in [0, 0.05) is 29.7 Å². The van der Waals surface area contributed by atoms with Crippen LogP contribution in [0.3, 0.4) is 0 Å². The lowest BCUT2D eigenvalue weighted by Gasteiger charge is -2.17. The molecular formula is C13H16BrFN2. The lowest BCUT2D eigenvalue weighted by Crippen LogP contribution is -2.25. The third-order valence-electron chi connectivity index (χ3n) is 3.87. The van der Waals surface area contributed by atoms with Crippen molar-refractivity contribution >= 4 is 15.9 Å². The standard InChI is InChI=1S/C13H16BrFN2/c14-12-1-2-13(15)9(3-12)6-17-7-10-4-16-5-11(10)8-17/h1-3,10-11,16H,4-8H2/t10-,11+. The van der Waals surface area contributed by atoms with Crippen molar-refractivity contribution in [3.8, 4) is 0 Å². The van der Waals surface area contributed by atoms with Crippen LogP contribution in [0.4, 0.5) is 4.39 Å². The maximum Gasteiger partial charge on any atom is 0.127 e. The summed E-state index contributed by atoms with van der Waals surface area (Å²) in [7, 11) is 0. The highest BCUT2D eigenvalue weighted by Crippen LogP contribution is 2.28. The van der Waals surface area contributed by atoms with Gasteiger partial charge in [0.25, 0.3) is 0 Å². The van der Waals surface area contributed by atoms with Crippen LogP contribution >= 0.6 is 15.9 Å². The van der Waals surface area contributed by atoms with Gasteiger partial charge in [0.05, 0.1) is 0 Å². The first-order chi connectivity index (χ1) is 8.22. The molecule has 4 heteroatoms. The fourth-order valence-corrected chi connectivity index (χ4v) is 3.40. The van der Waals surface area contributed by atoms with E-state index in [0.29, 0.717) is 0 Å². The van der Waals surface area contributed by atoms with E-state index >= 15 is 0 Å². The van der Waals surface area contributed by atoms with Gasteiger partial charge in [-0.2, -0.15) is 0 Å². The number of likely N-dealkylation sites (tertiary alicyclic amines) is 1. The molecule has 1 aromatic carbocycles. The first-order valence-corrected chi connectivity index (χ1v) is 6.88. The van der Waals surface area contributed by atoms with Crippen molar-refractivity contribution in [2.75, 3.05) is 26.2 Å². The fraction of sp³-hybridized carbons (Fsp3) is 0.538. The van der Waals surface area contributed by atoms with Gasteiger partial charge in [-0.05, 0) is 43.1 Å². The van der Waals surface area contributed by atoms with Crippen molar-refractivity contribution in [3.63, 3.8) is 0 Å². The number of hydrogen-bond donors (Lipinski definition) is 1. The Kier molecular flexibility index (Phi) is 3.19. The summed E-state index contributed by atoms with van der Waals surface area (Å²) in [5.74, 6) is 1.44. The number of benzene rings is 1. The predicted octanol–water partition coefficient (Wildman–Crippen LogP) is 2.24. The maximum atomic E-state index is 13.7. The third-order valence-corrected chi connectivity index (χ3v) is 4.36. The Bertz CT molecular complexity index is 412. The lowest BCUT2D eigenvalue weighted by molar-refractivity contribution is 0.301. The Labute approximate surface area is 109 Å². The molecule has 2 aliphatic heterocycles. The van der Waals surface area contributed by atoms with Crippen LogP contribution in [0.25, 0.3) is 0 Å². The second-order valence-electron chi connectivity index (χ2n) is 5.11. The Morgan fingerprint density at radius 2 is 2.00 bits per heavy atom. The van der Waals surface area contributed by atoms with Gasteiger partial charge < -0.3 is 5.32 Å². The van der Waals surface area contributed by atoms with E-state index in [0.717, 1.165) is 54.6 Å². The van der Waals surface area contributed by atoms with Crippen molar-refractivity contribution in [3.05, 3.63) is 34.1 Å². The van der Waals surface area contributed by atoms with E-state index in [1.54, 1.807) is 6.07 Å². The number of rotatable bonds is 2. The molecule has 2 heterocycles. The minimum absolute atomic E-state index is 0.0941. The normalized spacial score (nSPS) is 28.6. The molecule has 0 amide bonds. The summed E-state index contributed by atoms with van der Waals surface area (Å²) in [6.07, 6.45) is 0. The number of fused-ring (bicyclic) bond motifs is 1. The first kappa shape index (κ1) is 11.6. The lowest BCUT2D eigenvalue weighted by atomic mass is 10.0. The summed E-state index contributed by atoms with van der Waals surface area (Å²) >= 11 is 3.40. The van der Waals surface area contributed by atoms with Crippen LogP contribution in [0.5, 0.6) is 0 Å². The van der Waals surface area contributed by atoms with Crippen LogP contribution in [0.15, 0.2) is 22.7 Å². The minimum atomic E-state index is -0.0941. The molecule has 0 radical (unpaired) electrons. The Morgan fingerprint density at radius 3 is 2.71 bits per heavy atom. The number of halogens is 2. The Hall–Kier alpha value is -0.450. The average molecular weight is 299 g/mol. The van der Waals surface area contributed by atoms with E-state index < -0.39 is 0 Å². The van der Waals surface area contributed by atoms with E-state index in [1.165, 1.54) is 6.07 Å². The summed E-state index contributed by atoms with van der Waals surface area (Å²) in [5.41, 5.74) is 0.798. The number of hydrogen-bond acceptors (Lipinski definition) is 2. The van der Waals surface area contributed by atoms with Crippen LogP contribution in [-0.2, 0) is 6.54 Å². The molecule has 0 spiro atoms. The van der Waals surface area contributed by atoms with Gasteiger partial charge in [-0.15, -0.1) is 0 Å². The zero-order valence-corrected chi connectivity index (χ0v) is 11.2. The first-order valence-electron chi connectivity index (χ1n) is 6.09. The van der Waals surface area contributed by atoms with Crippen molar-refractivity contribution in [2.45, 2.75) is 6.54 Å². The van der Waals surface area contributed by atoms with E-state index in [2.05, 4.69) is 26.1 Å². The predicted molar refractivity (Wildman–Crippen MR) is 69.2 cm³/mol. The smallest absolute Gasteiger partial charge is 0.127 e. The molecular weight excluding hydrogens is 283 g/mol. The summed E-state index contributed by atoms with van der Waals surface area (Å²) in [6, 6.07) is 5.18. The monoisotopic (exact) mass is 298 g/mol. The molecule has 0 bridgehead atoms. The van der Waals surface area contributed by atoms with Gasteiger partial charge in [0.1, 0.15) is 5.82 Å². The fourth-order valence-electron chi connectivity index (χ4n) is 2.99. The van der Waals surface area contributed by atoms with Crippen molar-refractivity contribution in [2.24, 2.45) is 11.8 Å². The summed E-state index contributed by atoms with van der Waals surface area (Å²) < 4.78 is 14.6. The molecule has 0 saturated carbocycles. The number of nitrogens with zero attached hydrogens (tertiary/aromatic N) is 1. The highest BCUT2D eigenvalue weighted by atomic mass is 79.9. The van der Waals surface area contributed by atoms with Crippen molar-refractivity contribution < 1.29 is 4.39 Å². The van der Waals surface area contributed by atoms with Gasteiger partial charge in [-0.25, -0.2) is 4.39 Å². The molecule has 2 nitrogen and oxygen atoms in total. The van der Waals surface area contributed by atoms with E-state index in [1.807, 2.05) is 6.07 Å². The van der Waals surface area contributed by atoms with Crippen LogP contribution in [0, 0.1) is 17.7 Å². The van der Waals surface area contributed by atoms with E-state index in [9.17, 15) is 4.39 Å². The zero-order chi connectivity index (χ0) is 11.8. The quantitative estimate of drug-likeness (QED) is 0.901. The summed E-state index contributed by atoms with van der Waals surface area (Å²) in [6.45, 7) is 5.19. The molecule has 17 heavy (non-hydrogen) atoms. The second kappa shape index (κ2) is 4.67. The third kappa shape index (κ3) is 2.39. The van der Waals surface area contributed by atoms with Gasteiger partial charge in [0.15, 0.2) is 0 Å². The average Bonchev–Trinajstić information content (AvgIpc) is 2.83. The summed E-state index contributed by atoms with van der Waals surface area (Å²) in [5, 5.41) is 3.42. The maximum absolute atomic E-state index is 13.7. The van der Waals surface area contributed by atoms with Crippen molar-refractivity contribution in [1.29, 1.82) is 0 Å². The second-order valence-corrected chi connectivity index (χ2v) is 6.02. The molecule has 2 fully saturated rings. The molecule has 0 unspecified atom stereocenters. The highest BCUT2D eigenvalue weighted by molar-refractivity contribution is 9.10. The van der Waals surface area contributed by atoms with Crippen LogP contribution in [0.2, 0.25) is 0 Å². The molecule has 1 aromatic rings. The molecule has 3 rings (SSSR count). The van der Waals surface area contributed by atoms with E-state index in [-0.39, 0.29) is 5.82 Å². The Balaban J connectivity index is 1.69. The topological polar surface area (TPSA) is 15.3 Å². The molecule has 1 N–H and O–H groups in total. The molecule has 2 saturated heterocycles. The molecule has 92 valence electrons. The van der Waals surface area contributed by atoms with E-state index in [4.69, 9.17) is 0 Å². The van der Waals surface area contributed by atoms with Gasteiger partial charge >= 0.3 is 0 Å². The van der Waals surface area contributed by atoms with Crippen molar-refractivity contribution in [1.82, 2.24) is 10.2 Å². The molecule has 0 aliphatic carbocycles. The summed E-state index contributed by atoms with van der Waals surface area (Å²) in [4.78, 5) is 2.38. The van der Waals surface area contributed by atoms with Crippen LogP contribution in [-0.4, -0.2) is 31.1 Å².